The SMILES string of the molecule is CC(Oc1ccc([N+](=O)[O-])cc1)C(=O)NN=C1CCC(C(C)(C)C)CC1. The van der Waals surface area contributed by atoms with E-state index in [-0.39, 0.29) is 11.6 Å². The first-order valence-electron chi connectivity index (χ1n) is 8.93. The maximum atomic E-state index is 12.1. The topological polar surface area (TPSA) is 93.8 Å². The summed E-state index contributed by atoms with van der Waals surface area (Å²) in [5, 5.41) is 14.9. The second-order valence-electron chi connectivity index (χ2n) is 7.81. The number of ether oxygens (including phenoxy) is 1. The fourth-order valence-corrected chi connectivity index (χ4v) is 3.06. The van der Waals surface area contributed by atoms with Gasteiger partial charge >= 0.3 is 0 Å². The number of hydrazone groups is 1. The number of carbonyl (C=O) groups is 1. The van der Waals surface area contributed by atoms with Crippen molar-refractivity contribution in [1.29, 1.82) is 0 Å². The van der Waals surface area contributed by atoms with Crippen LogP contribution in [0, 0.1) is 21.4 Å². The molecule has 26 heavy (non-hydrogen) atoms. The van der Waals surface area contributed by atoms with Crippen LogP contribution in [0.25, 0.3) is 0 Å². The molecule has 142 valence electrons. The zero-order valence-electron chi connectivity index (χ0n) is 15.8. The quantitative estimate of drug-likeness (QED) is 0.632. The van der Waals surface area contributed by atoms with Gasteiger partial charge in [0.1, 0.15) is 5.75 Å². The van der Waals surface area contributed by atoms with Crippen molar-refractivity contribution in [3.63, 3.8) is 0 Å². The second kappa shape index (κ2) is 8.29. The lowest BCUT2D eigenvalue weighted by molar-refractivity contribution is -0.384. The molecule has 1 aliphatic rings. The van der Waals surface area contributed by atoms with Gasteiger partial charge < -0.3 is 4.74 Å². The first-order chi connectivity index (χ1) is 12.2. The fraction of sp³-hybridized carbons (Fsp3) is 0.579. The van der Waals surface area contributed by atoms with Crippen LogP contribution in [-0.2, 0) is 4.79 Å². The Kier molecular flexibility index (Phi) is 6.34. The molecular weight excluding hydrogens is 334 g/mol. The minimum Gasteiger partial charge on any atom is -0.481 e. The Morgan fingerprint density at radius 2 is 1.85 bits per heavy atom. The fourth-order valence-electron chi connectivity index (χ4n) is 3.06. The molecule has 1 saturated carbocycles. The van der Waals surface area contributed by atoms with Gasteiger partial charge in [-0.25, -0.2) is 5.43 Å². The van der Waals surface area contributed by atoms with Crippen LogP contribution in [0.5, 0.6) is 5.75 Å². The van der Waals surface area contributed by atoms with Crippen molar-refractivity contribution in [2.24, 2.45) is 16.4 Å². The highest BCUT2D eigenvalue weighted by atomic mass is 16.6. The third kappa shape index (κ3) is 5.54. The molecule has 0 aliphatic heterocycles. The van der Waals surface area contributed by atoms with E-state index in [9.17, 15) is 14.9 Å². The number of nitro benzene ring substituents is 1. The van der Waals surface area contributed by atoms with Crippen molar-refractivity contribution in [3.05, 3.63) is 34.4 Å². The summed E-state index contributed by atoms with van der Waals surface area (Å²) in [5.41, 5.74) is 3.87. The van der Waals surface area contributed by atoms with Gasteiger partial charge in [-0.15, -0.1) is 0 Å². The number of benzene rings is 1. The molecule has 1 fully saturated rings. The summed E-state index contributed by atoms with van der Waals surface area (Å²) >= 11 is 0. The molecule has 0 heterocycles. The van der Waals surface area contributed by atoms with Crippen LogP contribution in [0.3, 0.4) is 0 Å². The highest BCUT2D eigenvalue weighted by molar-refractivity contribution is 5.87. The number of non-ortho nitro benzene ring substituents is 1. The van der Waals surface area contributed by atoms with Gasteiger partial charge in [0.2, 0.25) is 0 Å². The van der Waals surface area contributed by atoms with Crippen molar-refractivity contribution in [2.75, 3.05) is 0 Å². The Hall–Kier alpha value is -2.44. The average Bonchev–Trinajstić information content (AvgIpc) is 2.59. The van der Waals surface area contributed by atoms with E-state index >= 15 is 0 Å². The third-order valence-electron chi connectivity index (χ3n) is 4.84. The Morgan fingerprint density at radius 3 is 2.35 bits per heavy atom. The summed E-state index contributed by atoms with van der Waals surface area (Å²) < 4.78 is 5.51. The van der Waals surface area contributed by atoms with Crippen molar-refractivity contribution < 1.29 is 14.5 Å². The lowest BCUT2D eigenvalue weighted by Crippen LogP contribution is -2.34. The lowest BCUT2D eigenvalue weighted by Gasteiger charge is -2.34. The third-order valence-corrected chi connectivity index (χ3v) is 4.84. The smallest absolute Gasteiger partial charge is 0.280 e. The Morgan fingerprint density at radius 1 is 1.27 bits per heavy atom. The Balaban J connectivity index is 1.83. The molecule has 0 bridgehead atoms. The van der Waals surface area contributed by atoms with E-state index in [4.69, 9.17) is 4.74 Å². The van der Waals surface area contributed by atoms with Crippen molar-refractivity contribution >= 4 is 17.3 Å². The Bertz CT molecular complexity index is 667. The molecule has 7 heteroatoms. The molecule has 7 nitrogen and oxygen atoms in total. The minimum atomic E-state index is -0.744. The standard InChI is InChI=1S/C19H27N3O4/c1-13(26-17-11-9-16(10-12-17)22(24)25)18(23)21-20-15-7-5-14(6-8-15)19(2,3)4/h9-14H,5-8H2,1-4H3,(H,21,23). The molecule has 1 aliphatic carbocycles. The molecule has 1 amide bonds. The first kappa shape index (κ1) is 19.9. The zero-order valence-corrected chi connectivity index (χ0v) is 15.8. The molecule has 2 rings (SSSR count). The molecule has 0 spiro atoms. The van der Waals surface area contributed by atoms with Crippen LogP contribution >= 0.6 is 0 Å². The van der Waals surface area contributed by atoms with Gasteiger partial charge in [-0.1, -0.05) is 20.8 Å². The molecule has 1 N–H and O–H groups in total. The first-order valence-corrected chi connectivity index (χ1v) is 8.93. The van der Waals surface area contributed by atoms with E-state index in [1.54, 1.807) is 6.92 Å². The number of amides is 1. The Labute approximate surface area is 154 Å². The highest BCUT2D eigenvalue weighted by Gasteiger charge is 2.28. The number of hydrogen-bond donors (Lipinski definition) is 1. The van der Waals surface area contributed by atoms with Gasteiger partial charge in [0.25, 0.3) is 11.6 Å². The summed E-state index contributed by atoms with van der Waals surface area (Å²) in [5.74, 6) is 0.743. The van der Waals surface area contributed by atoms with Crippen molar-refractivity contribution in [3.8, 4) is 5.75 Å². The van der Waals surface area contributed by atoms with Gasteiger partial charge in [0.05, 0.1) is 4.92 Å². The number of carbonyl (C=O) groups excluding carboxylic acids is 1. The molecule has 0 aromatic heterocycles. The molecule has 1 aromatic rings. The number of nitrogens with zero attached hydrogens (tertiary/aromatic N) is 2. The molecule has 1 atom stereocenters. The monoisotopic (exact) mass is 361 g/mol. The molecule has 1 aromatic carbocycles. The summed E-state index contributed by atoms with van der Waals surface area (Å²) in [6.07, 6.45) is 3.24. The molecule has 0 radical (unpaired) electrons. The number of hydrogen-bond acceptors (Lipinski definition) is 5. The summed E-state index contributed by atoms with van der Waals surface area (Å²) in [6, 6.07) is 5.63. The van der Waals surface area contributed by atoms with Crippen LogP contribution in [-0.4, -0.2) is 22.6 Å². The predicted molar refractivity (Wildman–Crippen MR) is 100 cm³/mol. The van der Waals surface area contributed by atoms with Gasteiger partial charge in [-0.3, -0.25) is 14.9 Å². The van der Waals surface area contributed by atoms with E-state index in [1.165, 1.54) is 24.3 Å². The van der Waals surface area contributed by atoms with Crippen LogP contribution in [0.1, 0.15) is 53.4 Å². The van der Waals surface area contributed by atoms with Gasteiger partial charge in [-0.2, -0.15) is 5.10 Å². The molecule has 0 saturated heterocycles. The van der Waals surface area contributed by atoms with Crippen LogP contribution in [0.2, 0.25) is 0 Å². The van der Waals surface area contributed by atoms with E-state index in [0.717, 1.165) is 31.4 Å². The lowest BCUT2D eigenvalue weighted by atomic mass is 9.72. The summed E-state index contributed by atoms with van der Waals surface area (Å²) in [7, 11) is 0. The van der Waals surface area contributed by atoms with Crippen LogP contribution in [0.15, 0.2) is 29.4 Å². The largest absolute Gasteiger partial charge is 0.481 e. The van der Waals surface area contributed by atoms with Gasteiger partial charge in [-0.05, 0) is 56.1 Å². The number of nitro groups is 1. The van der Waals surface area contributed by atoms with Crippen LogP contribution in [0.4, 0.5) is 5.69 Å². The maximum absolute atomic E-state index is 12.1. The highest BCUT2D eigenvalue weighted by Crippen LogP contribution is 2.36. The van der Waals surface area contributed by atoms with Crippen LogP contribution < -0.4 is 10.2 Å². The number of rotatable bonds is 5. The van der Waals surface area contributed by atoms with Gasteiger partial charge in [0, 0.05) is 17.8 Å². The van der Waals surface area contributed by atoms with E-state index in [1.807, 2.05) is 0 Å². The van der Waals surface area contributed by atoms with E-state index in [0.29, 0.717) is 17.1 Å². The maximum Gasteiger partial charge on any atom is 0.280 e. The normalized spacial score (nSPS) is 18.8. The van der Waals surface area contributed by atoms with Crippen molar-refractivity contribution in [2.45, 2.75) is 59.5 Å². The second-order valence-corrected chi connectivity index (χ2v) is 7.81. The zero-order chi connectivity index (χ0) is 19.3. The summed E-state index contributed by atoms with van der Waals surface area (Å²) in [4.78, 5) is 22.3. The van der Waals surface area contributed by atoms with E-state index < -0.39 is 11.0 Å². The van der Waals surface area contributed by atoms with Crippen molar-refractivity contribution in [1.82, 2.24) is 5.43 Å². The minimum absolute atomic E-state index is 0.0216. The summed E-state index contributed by atoms with van der Waals surface area (Å²) in [6.45, 7) is 8.41. The van der Waals surface area contributed by atoms with Gasteiger partial charge in [0.15, 0.2) is 6.10 Å². The molecular formula is C19H27N3O4. The molecule has 1 unspecified atom stereocenters. The average molecular weight is 361 g/mol. The van der Waals surface area contributed by atoms with E-state index in [2.05, 4.69) is 31.3 Å². The number of nitrogens with one attached hydrogen (secondary N) is 1. The predicted octanol–water partition coefficient (Wildman–Crippen LogP) is 4.07.